The number of carbonyl (C=O) groups excluding carboxylic acids is 1. The second-order valence-corrected chi connectivity index (χ2v) is 7.37. The first kappa shape index (κ1) is 17.3. The average molecular weight is 357 g/mol. The number of furan rings is 1. The van der Waals surface area contributed by atoms with Crippen molar-refractivity contribution in [3.05, 3.63) is 77.6 Å². The monoisotopic (exact) mass is 357 g/mol. The smallest absolute Gasteiger partial charge is 0.228 e. The van der Waals surface area contributed by atoms with Gasteiger partial charge in [-0.15, -0.1) is 0 Å². The summed E-state index contributed by atoms with van der Waals surface area (Å²) in [5, 5.41) is 6.24. The Bertz CT molecular complexity index is 1130. The molecule has 0 unspecified atom stereocenters. The standard InChI is InChI=1S/C24H23NO2/c1-15(2)20-13-21-18(14-27-23(21)11-16(20)3)12-24(26)25-22-10-6-8-17-7-4-5-9-19(17)22/h4-11,13-15H,12H2,1-3H3,(H,25,26). The molecule has 0 atom stereocenters. The number of carbonyl (C=O) groups is 1. The molecule has 0 aliphatic rings. The maximum absolute atomic E-state index is 12.7. The number of rotatable bonds is 4. The summed E-state index contributed by atoms with van der Waals surface area (Å²) in [5.41, 5.74) is 5.11. The molecule has 27 heavy (non-hydrogen) atoms. The zero-order valence-electron chi connectivity index (χ0n) is 15.9. The molecule has 0 bridgehead atoms. The Hall–Kier alpha value is -3.07. The van der Waals surface area contributed by atoms with Crippen LogP contribution in [0.4, 0.5) is 5.69 Å². The minimum atomic E-state index is -0.0410. The average Bonchev–Trinajstić information content (AvgIpc) is 3.02. The van der Waals surface area contributed by atoms with E-state index in [1.807, 2.05) is 42.5 Å². The Labute approximate surface area is 159 Å². The predicted octanol–water partition coefficient (Wildman–Crippen LogP) is 6.20. The van der Waals surface area contributed by atoms with Gasteiger partial charge in [0.25, 0.3) is 0 Å². The molecule has 3 aromatic carbocycles. The first-order valence-electron chi connectivity index (χ1n) is 9.31. The minimum Gasteiger partial charge on any atom is -0.464 e. The Morgan fingerprint density at radius 1 is 1.04 bits per heavy atom. The van der Waals surface area contributed by atoms with Crippen molar-refractivity contribution in [2.45, 2.75) is 33.1 Å². The van der Waals surface area contributed by atoms with Crippen LogP contribution in [0.25, 0.3) is 21.7 Å². The van der Waals surface area contributed by atoms with Gasteiger partial charge in [0.1, 0.15) is 5.58 Å². The van der Waals surface area contributed by atoms with E-state index < -0.39 is 0 Å². The number of hydrogen-bond donors (Lipinski definition) is 1. The number of fused-ring (bicyclic) bond motifs is 2. The molecule has 0 spiro atoms. The summed E-state index contributed by atoms with van der Waals surface area (Å²) in [7, 11) is 0. The lowest BCUT2D eigenvalue weighted by Crippen LogP contribution is -2.14. The van der Waals surface area contributed by atoms with Gasteiger partial charge in [0.2, 0.25) is 5.91 Å². The lowest BCUT2D eigenvalue weighted by Gasteiger charge is -2.10. The van der Waals surface area contributed by atoms with Crippen molar-refractivity contribution >= 4 is 33.3 Å². The highest BCUT2D eigenvalue weighted by molar-refractivity contribution is 6.03. The van der Waals surface area contributed by atoms with Crippen LogP contribution in [-0.2, 0) is 11.2 Å². The molecule has 3 heteroatoms. The van der Waals surface area contributed by atoms with Gasteiger partial charge in [-0.3, -0.25) is 4.79 Å². The zero-order valence-corrected chi connectivity index (χ0v) is 15.9. The van der Waals surface area contributed by atoms with Crippen LogP contribution in [0.1, 0.15) is 36.5 Å². The molecule has 1 aromatic heterocycles. The second-order valence-electron chi connectivity index (χ2n) is 7.37. The maximum Gasteiger partial charge on any atom is 0.228 e. The van der Waals surface area contributed by atoms with Crippen LogP contribution in [0, 0.1) is 6.92 Å². The van der Waals surface area contributed by atoms with E-state index in [0.29, 0.717) is 5.92 Å². The molecule has 0 aliphatic carbocycles. The van der Waals surface area contributed by atoms with Crippen LogP contribution in [0.5, 0.6) is 0 Å². The van der Waals surface area contributed by atoms with Gasteiger partial charge in [0.05, 0.1) is 12.7 Å². The van der Waals surface area contributed by atoms with Crippen molar-refractivity contribution in [1.29, 1.82) is 0 Å². The van der Waals surface area contributed by atoms with Crippen LogP contribution in [-0.4, -0.2) is 5.91 Å². The van der Waals surface area contributed by atoms with Crippen molar-refractivity contribution in [2.75, 3.05) is 5.32 Å². The Kier molecular flexibility index (Phi) is 4.44. The Morgan fingerprint density at radius 3 is 2.63 bits per heavy atom. The maximum atomic E-state index is 12.7. The molecule has 0 saturated heterocycles. The number of nitrogens with one attached hydrogen (secondary N) is 1. The molecule has 0 saturated carbocycles. The van der Waals surface area contributed by atoms with Gasteiger partial charge in [-0.2, -0.15) is 0 Å². The fourth-order valence-corrected chi connectivity index (χ4v) is 3.71. The highest BCUT2D eigenvalue weighted by Crippen LogP contribution is 2.29. The van der Waals surface area contributed by atoms with Crippen LogP contribution in [0.15, 0.2) is 65.3 Å². The molecular formula is C24H23NO2. The third-order valence-corrected chi connectivity index (χ3v) is 5.08. The van der Waals surface area contributed by atoms with Crippen LogP contribution in [0.2, 0.25) is 0 Å². The quantitative estimate of drug-likeness (QED) is 0.472. The highest BCUT2D eigenvalue weighted by Gasteiger charge is 2.14. The Balaban J connectivity index is 1.62. The minimum absolute atomic E-state index is 0.0410. The largest absolute Gasteiger partial charge is 0.464 e. The van der Waals surface area contributed by atoms with Gasteiger partial charge in [-0.1, -0.05) is 50.2 Å². The van der Waals surface area contributed by atoms with E-state index in [0.717, 1.165) is 33.0 Å². The van der Waals surface area contributed by atoms with Crippen molar-refractivity contribution in [3.8, 4) is 0 Å². The van der Waals surface area contributed by atoms with Crippen LogP contribution >= 0.6 is 0 Å². The number of amides is 1. The summed E-state index contributed by atoms with van der Waals surface area (Å²) in [5.74, 6) is 0.391. The number of hydrogen-bond acceptors (Lipinski definition) is 2. The fourth-order valence-electron chi connectivity index (χ4n) is 3.71. The van der Waals surface area contributed by atoms with Gasteiger partial charge >= 0.3 is 0 Å². The summed E-state index contributed by atoms with van der Waals surface area (Å²) in [6.45, 7) is 6.46. The van der Waals surface area contributed by atoms with Crippen LogP contribution in [0.3, 0.4) is 0 Å². The van der Waals surface area contributed by atoms with E-state index in [2.05, 4.69) is 38.2 Å². The molecule has 1 heterocycles. The predicted molar refractivity (Wildman–Crippen MR) is 111 cm³/mol. The molecular weight excluding hydrogens is 334 g/mol. The molecule has 0 fully saturated rings. The van der Waals surface area contributed by atoms with Crippen molar-refractivity contribution in [3.63, 3.8) is 0 Å². The molecule has 136 valence electrons. The third kappa shape index (κ3) is 3.33. The first-order chi connectivity index (χ1) is 13.0. The van der Waals surface area contributed by atoms with E-state index in [1.165, 1.54) is 11.1 Å². The molecule has 4 rings (SSSR count). The van der Waals surface area contributed by atoms with E-state index in [1.54, 1.807) is 6.26 Å². The van der Waals surface area contributed by atoms with E-state index in [4.69, 9.17) is 4.42 Å². The fraction of sp³-hybridized carbons (Fsp3) is 0.208. The van der Waals surface area contributed by atoms with Gasteiger partial charge < -0.3 is 9.73 Å². The van der Waals surface area contributed by atoms with E-state index in [9.17, 15) is 4.79 Å². The number of aryl methyl sites for hydroxylation is 1. The molecule has 3 nitrogen and oxygen atoms in total. The summed E-state index contributed by atoms with van der Waals surface area (Å²) >= 11 is 0. The SMILES string of the molecule is Cc1cc2occ(CC(=O)Nc3cccc4ccccc34)c2cc1C(C)C. The van der Waals surface area contributed by atoms with E-state index >= 15 is 0 Å². The lowest BCUT2D eigenvalue weighted by atomic mass is 9.95. The molecule has 0 aliphatic heterocycles. The van der Waals surface area contributed by atoms with Gasteiger partial charge in [-0.25, -0.2) is 0 Å². The van der Waals surface area contributed by atoms with Crippen molar-refractivity contribution in [2.24, 2.45) is 0 Å². The first-order valence-corrected chi connectivity index (χ1v) is 9.31. The van der Waals surface area contributed by atoms with Crippen molar-refractivity contribution < 1.29 is 9.21 Å². The summed E-state index contributed by atoms with van der Waals surface area (Å²) in [6, 6.07) is 18.2. The van der Waals surface area contributed by atoms with Gasteiger partial charge in [-0.05, 0) is 47.6 Å². The number of anilines is 1. The summed E-state index contributed by atoms with van der Waals surface area (Å²) in [4.78, 5) is 12.7. The summed E-state index contributed by atoms with van der Waals surface area (Å²) in [6.07, 6.45) is 1.99. The normalized spacial score (nSPS) is 11.4. The molecule has 1 amide bonds. The molecule has 4 aromatic rings. The van der Waals surface area contributed by atoms with Crippen molar-refractivity contribution in [1.82, 2.24) is 0 Å². The zero-order chi connectivity index (χ0) is 19.0. The molecule has 0 radical (unpaired) electrons. The third-order valence-electron chi connectivity index (χ3n) is 5.08. The second kappa shape index (κ2) is 6.92. The number of benzene rings is 3. The van der Waals surface area contributed by atoms with Crippen LogP contribution < -0.4 is 5.32 Å². The van der Waals surface area contributed by atoms with Gasteiger partial charge in [0.15, 0.2) is 0 Å². The van der Waals surface area contributed by atoms with Gasteiger partial charge in [0, 0.05) is 22.0 Å². The lowest BCUT2D eigenvalue weighted by molar-refractivity contribution is -0.115. The molecule has 1 N–H and O–H groups in total. The Morgan fingerprint density at radius 2 is 1.81 bits per heavy atom. The summed E-state index contributed by atoms with van der Waals surface area (Å²) < 4.78 is 5.71. The van der Waals surface area contributed by atoms with E-state index in [-0.39, 0.29) is 12.3 Å². The topological polar surface area (TPSA) is 42.2 Å². The highest BCUT2D eigenvalue weighted by atomic mass is 16.3.